The second kappa shape index (κ2) is 7.66. The Labute approximate surface area is 162 Å². The van der Waals surface area contributed by atoms with Gasteiger partial charge in [0.2, 0.25) is 5.56 Å². The predicted octanol–water partition coefficient (Wildman–Crippen LogP) is 3.44. The van der Waals surface area contributed by atoms with Crippen LogP contribution in [0.15, 0.2) is 63.1 Å². The highest BCUT2D eigenvalue weighted by Gasteiger charge is 2.18. The smallest absolute Gasteiger partial charge is 0.248 e. The number of piperazine rings is 1. The Morgan fingerprint density at radius 1 is 0.963 bits per heavy atom. The molecule has 5 nitrogen and oxygen atoms in total. The minimum Gasteiger partial charge on any atom is -0.495 e. The number of aromatic nitrogens is 1. The van der Waals surface area contributed by atoms with Gasteiger partial charge in [-0.25, -0.2) is 0 Å². The van der Waals surface area contributed by atoms with Gasteiger partial charge in [0.1, 0.15) is 5.75 Å². The first-order valence-electron chi connectivity index (χ1n) is 9.05. The van der Waals surface area contributed by atoms with E-state index in [0.717, 1.165) is 58.3 Å². The summed E-state index contributed by atoms with van der Waals surface area (Å²) in [4.78, 5) is 21.4. The maximum absolute atomic E-state index is 11.6. The van der Waals surface area contributed by atoms with Crippen molar-refractivity contribution in [2.24, 2.45) is 0 Å². The molecule has 1 saturated heterocycles. The summed E-state index contributed by atoms with van der Waals surface area (Å²) in [5, 5.41) is 1.03. The number of anilines is 1. The standard InChI is InChI=1S/C21H23N3O2S/c1-23-9-11-24(12-10-23)19-7-6-17(14-20(19)26-2)27-16-5-3-15-4-8-21(25)22-18(15)13-16/h3-8,13-14H,9-12H2,1-2H3,(H,22,25). The zero-order chi connectivity index (χ0) is 18.8. The zero-order valence-electron chi connectivity index (χ0n) is 15.6. The summed E-state index contributed by atoms with van der Waals surface area (Å²) in [5.74, 6) is 0.902. The van der Waals surface area contributed by atoms with Gasteiger partial charge in [-0.1, -0.05) is 17.8 Å². The fourth-order valence-corrected chi connectivity index (χ4v) is 4.25. The number of fused-ring (bicyclic) bond motifs is 1. The van der Waals surface area contributed by atoms with Gasteiger partial charge in [0.05, 0.1) is 12.8 Å². The van der Waals surface area contributed by atoms with Crippen LogP contribution in [0.4, 0.5) is 5.69 Å². The number of benzene rings is 2. The monoisotopic (exact) mass is 381 g/mol. The number of aromatic amines is 1. The van der Waals surface area contributed by atoms with Crippen LogP contribution in [0.1, 0.15) is 0 Å². The highest BCUT2D eigenvalue weighted by atomic mass is 32.2. The number of likely N-dealkylation sites (N-methyl/N-ethyl adjacent to an activating group) is 1. The van der Waals surface area contributed by atoms with E-state index >= 15 is 0 Å². The van der Waals surface area contributed by atoms with Crippen molar-refractivity contribution in [3.8, 4) is 5.75 Å². The molecular formula is C21H23N3O2S. The summed E-state index contributed by atoms with van der Waals surface area (Å²) in [7, 11) is 3.88. The minimum atomic E-state index is -0.0807. The molecule has 0 radical (unpaired) electrons. The van der Waals surface area contributed by atoms with Crippen LogP contribution >= 0.6 is 11.8 Å². The highest BCUT2D eigenvalue weighted by molar-refractivity contribution is 7.99. The van der Waals surface area contributed by atoms with Gasteiger partial charge in [0.25, 0.3) is 0 Å². The van der Waals surface area contributed by atoms with E-state index in [1.165, 1.54) is 0 Å². The molecule has 1 aliphatic rings. The third-order valence-corrected chi connectivity index (χ3v) is 5.91. The lowest BCUT2D eigenvalue weighted by Crippen LogP contribution is -2.44. The molecule has 1 fully saturated rings. The van der Waals surface area contributed by atoms with Gasteiger partial charge in [-0.3, -0.25) is 4.79 Å². The molecular weight excluding hydrogens is 358 g/mol. The average Bonchev–Trinajstić information content (AvgIpc) is 2.68. The lowest BCUT2D eigenvalue weighted by molar-refractivity contribution is 0.311. The molecule has 6 heteroatoms. The highest BCUT2D eigenvalue weighted by Crippen LogP contribution is 2.36. The Kier molecular flexibility index (Phi) is 5.09. The van der Waals surface area contributed by atoms with Crippen molar-refractivity contribution >= 4 is 28.4 Å². The van der Waals surface area contributed by atoms with Crippen molar-refractivity contribution in [3.05, 3.63) is 58.9 Å². The van der Waals surface area contributed by atoms with Crippen LogP contribution in [0.5, 0.6) is 5.75 Å². The molecule has 1 aromatic heterocycles. The second-order valence-corrected chi connectivity index (χ2v) is 7.94. The molecule has 0 amide bonds. The molecule has 27 heavy (non-hydrogen) atoms. The number of H-pyrrole nitrogens is 1. The van der Waals surface area contributed by atoms with Gasteiger partial charge in [0.15, 0.2) is 0 Å². The lowest BCUT2D eigenvalue weighted by atomic mass is 10.2. The van der Waals surface area contributed by atoms with Crippen LogP contribution in [0.2, 0.25) is 0 Å². The minimum absolute atomic E-state index is 0.0807. The van der Waals surface area contributed by atoms with E-state index in [2.05, 4.69) is 46.1 Å². The Morgan fingerprint density at radius 3 is 2.44 bits per heavy atom. The fraction of sp³-hybridized carbons (Fsp3) is 0.286. The van der Waals surface area contributed by atoms with E-state index in [1.807, 2.05) is 18.2 Å². The van der Waals surface area contributed by atoms with Crippen LogP contribution in [-0.2, 0) is 0 Å². The molecule has 140 valence electrons. The molecule has 2 aromatic carbocycles. The van der Waals surface area contributed by atoms with Crippen molar-refractivity contribution in [3.63, 3.8) is 0 Å². The van der Waals surface area contributed by atoms with E-state index in [1.54, 1.807) is 24.9 Å². The van der Waals surface area contributed by atoms with Gasteiger partial charge >= 0.3 is 0 Å². The molecule has 1 N–H and O–H groups in total. The van der Waals surface area contributed by atoms with Crippen molar-refractivity contribution in [2.75, 3.05) is 45.2 Å². The van der Waals surface area contributed by atoms with Gasteiger partial charge in [0, 0.05) is 47.6 Å². The van der Waals surface area contributed by atoms with Crippen LogP contribution in [0, 0.1) is 0 Å². The SMILES string of the molecule is COc1cc(Sc2ccc3ccc(=O)[nH]c3c2)ccc1N1CCN(C)CC1. The van der Waals surface area contributed by atoms with Crippen LogP contribution in [0.25, 0.3) is 10.9 Å². The molecule has 0 atom stereocenters. The fourth-order valence-electron chi connectivity index (χ4n) is 3.36. The number of rotatable bonds is 4. The van der Waals surface area contributed by atoms with Crippen LogP contribution in [0.3, 0.4) is 0 Å². The van der Waals surface area contributed by atoms with Crippen LogP contribution < -0.4 is 15.2 Å². The normalized spacial score (nSPS) is 15.3. The molecule has 1 aliphatic heterocycles. The molecule has 0 saturated carbocycles. The van der Waals surface area contributed by atoms with E-state index in [0.29, 0.717) is 0 Å². The quantitative estimate of drug-likeness (QED) is 0.750. The van der Waals surface area contributed by atoms with Gasteiger partial charge in [-0.2, -0.15) is 0 Å². The van der Waals surface area contributed by atoms with Gasteiger partial charge < -0.3 is 19.5 Å². The Hall–Kier alpha value is -2.44. The Bertz CT molecular complexity index is 1010. The molecule has 0 unspecified atom stereocenters. The molecule has 0 bridgehead atoms. The zero-order valence-corrected chi connectivity index (χ0v) is 16.4. The topological polar surface area (TPSA) is 48.6 Å². The number of ether oxygens (including phenoxy) is 1. The number of pyridine rings is 1. The Morgan fingerprint density at radius 2 is 1.67 bits per heavy atom. The average molecular weight is 382 g/mol. The number of nitrogens with one attached hydrogen (secondary N) is 1. The molecule has 3 aromatic rings. The summed E-state index contributed by atoms with van der Waals surface area (Å²) in [5.41, 5.74) is 1.93. The van der Waals surface area contributed by atoms with Crippen molar-refractivity contribution < 1.29 is 4.74 Å². The number of hydrogen-bond donors (Lipinski definition) is 1. The van der Waals surface area contributed by atoms with E-state index in [-0.39, 0.29) is 5.56 Å². The van der Waals surface area contributed by atoms with E-state index < -0.39 is 0 Å². The largest absolute Gasteiger partial charge is 0.495 e. The first-order valence-corrected chi connectivity index (χ1v) is 9.86. The summed E-state index contributed by atoms with van der Waals surface area (Å²) in [6, 6.07) is 15.9. The number of nitrogens with zero attached hydrogens (tertiary/aromatic N) is 2. The number of hydrogen-bond acceptors (Lipinski definition) is 5. The maximum Gasteiger partial charge on any atom is 0.248 e. The van der Waals surface area contributed by atoms with Crippen molar-refractivity contribution in [1.29, 1.82) is 0 Å². The number of methoxy groups -OCH3 is 1. The van der Waals surface area contributed by atoms with Gasteiger partial charge in [-0.15, -0.1) is 0 Å². The third kappa shape index (κ3) is 3.96. The molecule has 0 aliphatic carbocycles. The van der Waals surface area contributed by atoms with Crippen molar-refractivity contribution in [1.82, 2.24) is 9.88 Å². The molecule has 0 spiro atoms. The summed E-state index contributed by atoms with van der Waals surface area (Å²) < 4.78 is 5.67. The third-order valence-electron chi connectivity index (χ3n) is 4.93. The lowest BCUT2D eigenvalue weighted by Gasteiger charge is -2.34. The summed E-state index contributed by atoms with van der Waals surface area (Å²) in [6.07, 6.45) is 0. The first kappa shape index (κ1) is 17.9. The summed E-state index contributed by atoms with van der Waals surface area (Å²) >= 11 is 1.66. The van der Waals surface area contributed by atoms with Crippen LogP contribution in [-0.4, -0.2) is 50.2 Å². The van der Waals surface area contributed by atoms with E-state index in [4.69, 9.17) is 4.74 Å². The second-order valence-electron chi connectivity index (χ2n) is 6.80. The molecule has 2 heterocycles. The van der Waals surface area contributed by atoms with Gasteiger partial charge in [-0.05, 0) is 48.8 Å². The van der Waals surface area contributed by atoms with E-state index in [9.17, 15) is 4.79 Å². The molecule has 4 rings (SSSR count). The predicted molar refractivity (Wildman–Crippen MR) is 111 cm³/mol. The summed E-state index contributed by atoms with van der Waals surface area (Å²) in [6.45, 7) is 4.15. The van der Waals surface area contributed by atoms with Crippen molar-refractivity contribution in [2.45, 2.75) is 9.79 Å². The Balaban J connectivity index is 1.58. The first-order chi connectivity index (χ1) is 13.1. The maximum atomic E-state index is 11.6.